The van der Waals surface area contributed by atoms with E-state index in [-0.39, 0.29) is 0 Å². The van der Waals surface area contributed by atoms with E-state index >= 15 is 0 Å². The largest absolute Gasteiger partial charge is 0.457 e. The SMILES string of the molecule is C1=CC=CC=1c1ccc(Oc2ccc3c(c2)-c2nc-3nc3[nH]c(nc4nc(nc5[nH]c(n2)c2ccc(Oc6ccc(C7=C=CC=C7)cc6)cc52)-c2ccc(Oc5ccc(C6=C=CC=C6)cc5)cc2-4)c2ccc(Oc4ccc(C5=C=CC=C5)cc4)cc32)cc1. The van der Waals surface area contributed by atoms with Crippen LogP contribution >= 0.6 is 0 Å². The molecule has 0 radical (unpaired) electrons. The Hall–Kier alpha value is -12.6. The second-order valence-corrected chi connectivity index (χ2v) is 21.3. The van der Waals surface area contributed by atoms with Crippen LogP contribution in [-0.4, -0.2) is 39.9 Å². The minimum absolute atomic E-state index is 0.406. The van der Waals surface area contributed by atoms with Gasteiger partial charge in [0.15, 0.2) is 23.3 Å². The molecule has 410 valence electrons. The highest BCUT2D eigenvalue weighted by Crippen LogP contribution is 2.42. The third kappa shape index (κ3) is 9.29. The summed E-state index contributed by atoms with van der Waals surface area (Å²) in [5, 5.41) is 3.02. The van der Waals surface area contributed by atoms with E-state index in [0.717, 1.165) is 77.2 Å². The number of benzene rings is 8. The van der Waals surface area contributed by atoms with Gasteiger partial charge in [-0.3, -0.25) is 0 Å². The first-order valence-electron chi connectivity index (χ1n) is 28.5. The molecule has 5 heterocycles. The molecule has 2 aliphatic heterocycles. The fraction of sp³-hybridized carbons (Fsp3) is 0. The summed E-state index contributed by atoms with van der Waals surface area (Å²) in [7, 11) is 0. The summed E-state index contributed by atoms with van der Waals surface area (Å²) < 4.78 is 26.2. The van der Waals surface area contributed by atoms with Crippen LogP contribution in [-0.2, 0) is 0 Å². The summed E-state index contributed by atoms with van der Waals surface area (Å²) in [6.07, 6.45) is 23.7. The van der Waals surface area contributed by atoms with Gasteiger partial charge < -0.3 is 28.9 Å². The van der Waals surface area contributed by atoms with Crippen molar-refractivity contribution >= 4 is 66.4 Å². The Balaban J connectivity index is 0.843. The Morgan fingerprint density at radius 2 is 0.523 bits per heavy atom. The third-order valence-corrected chi connectivity index (χ3v) is 15.7. The Labute approximate surface area is 502 Å². The van der Waals surface area contributed by atoms with Crippen molar-refractivity contribution < 1.29 is 18.9 Å². The predicted molar refractivity (Wildman–Crippen MR) is 345 cm³/mol. The summed E-state index contributed by atoms with van der Waals surface area (Å²) in [6, 6.07) is 55.3. The van der Waals surface area contributed by atoms with Gasteiger partial charge in [0, 0.05) is 66.1 Å². The number of allylic oxidation sites excluding steroid dienone is 12. The minimum Gasteiger partial charge on any atom is -0.457 e. The van der Waals surface area contributed by atoms with Crippen LogP contribution in [0.15, 0.2) is 266 Å². The van der Waals surface area contributed by atoms with E-state index in [1.54, 1.807) is 0 Å². The number of nitrogens with zero attached hydrogens (tertiary/aromatic N) is 6. The highest BCUT2D eigenvalue weighted by molar-refractivity contribution is 6.07. The monoisotopic (exact) mass is 1130 g/mol. The van der Waals surface area contributed by atoms with E-state index in [0.29, 0.717) is 103 Å². The van der Waals surface area contributed by atoms with Gasteiger partial charge in [-0.05, 0) is 192 Å². The molecule has 3 aromatic heterocycles. The molecule has 4 aliphatic carbocycles. The molecule has 12 heteroatoms. The molecule has 0 atom stereocenters. The summed E-state index contributed by atoms with van der Waals surface area (Å²) in [6.45, 7) is 0. The Morgan fingerprint density at radius 1 is 0.250 bits per heavy atom. The van der Waals surface area contributed by atoms with Crippen LogP contribution in [0.3, 0.4) is 0 Å². The average Bonchev–Trinajstić information content (AvgIpc) is 2.23. The van der Waals surface area contributed by atoms with Crippen molar-refractivity contribution in [3.8, 4) is 91.5 Å². The van der Waals surface area contributed by atoms with Crippen LogP contribution in [0.4, 0.5) is 0 Å². The third-order valence-electron chi connectivity index (χ3n) is 15.7. The molecule has 8 bridgehead atoms. The van der Waals surface area contributed by atoms with Crippen LogP contribution in [0, 0.1) is 0 Å². The van der Waals surface area contributed by atoms with Crippen LogP contribution in [0.2, 0.25) is 0 Å². The predicted octanol–water partition coefficient (Wildman–Crippen LogP) is 18.5. The fourth-order valence-electron chi connectivity index (χ4n) is 11.4. The molecule has 88 heavy (non-hydrogen) atoms. The van der Waals surface area contributed by atoms with Gasteiger partial charge in [-0.15, -0.1) is 22.9 Å². The maximum Gasteiger partial charge on any atom is 0.164 e. The molecule has 2 N–H and O–H groups in total. The maximum absolute atomic E-state index is 6.56. The smallest absolute Gasteiger partial charge is 0.164 e. The molecule has 0 amide bonds. The molecule has 0 unspecified atom stereocenters. The van der Waals surface area contributed by atoms with Gasteiger partial charge >= 0.3 is 0 Å². The summed E-state index contributed by atoms with van der Waals surface area (Å²) in [5.41, 5.74) is 26.3. The number of hydrogen-bond acceptors (Lipinski definition) is 10. The second-order valence-electron chi connectivity index (χ2n) is 21.3. The van der Waals surface area contributed by atoms with Gasteiger partial charge in [-0.1, -0.05) is 72.8 Å². The molecule has 11 aromatic rings. The summed E-state index contributed by atoms with van der Waals surface area (Å²) >= 11 is 0. The number of aromatic amines is 2. The first kappa shape index (κ1) is 49.9. The lowest BCUT2D eigenvalue weighted by Crippen LogP contribution is -1.88. The molecule has 12 nitrogen and oxygen atoms in total. The summed E-state index contributed by atoms with van der Waals surface area (Å²) in [4.78, 5) is 39.1. The number of H-pyrrole nitrogens is 2. The zero-order valence-electron chi connectivity index (χ0n) is 46.4. The van der Waals surface area contributed by atoms with Crippen LogP contribution in [0.1, 0.15) is 22.3 Å². The maximum atomic E-state index is 6.56. The van der Waals surface area contributed by atoms with E-state index in [1.165, 1.54) is 0 Å². The molecule has 0 saturated carbocycles. The molecule has 0 saturated heterocycles. The van der Waals surface area contributed by atoms with E-state index in [9.17, 15) is 0 Å². The van der Waals surface area contributed by atoms with Crippen LogP contribution < -0.4 is 18.9 Å². The normalized spacial score (nSPS) is 13.5. The standard InChI is InChI=1S/C76H42N8O4/c1-2-10-45(9-1)49-17-25-53(26-18-49)85-57-33-37-61-65(41-57)73-77-69(61)82-74-67-43-59(87-55-29-21-51(22-30-55)47-13-5-6-14-47)35-39-63(67)71(79-74)84-76-68-44-60(88-56-31-23-52(24-32-56)48-15-7-8-16-48)36-40-64(68)72(80-76)83-75-66-42-58(34-38-62(66)70(78-75)81-73)86-54-27-19-50(20-28-54)46-11-3-4-12-46/h1-9,11,13,15,17-44H,(H2,77,78,79,80,81,82,83,84). The topological polar surface area (TPSA) is 146 Å². The van der Waals surface area contributed by atoms with Gasteiger partial charge in [0.2, 0.25) is 0 Å². The first-order valence-corrected chi connectivity index (χ1v) is 28.5. The van der Waals surface area contributed by atoms with E-state index in [2.05, 4.69) is 32.9 Å². The molecular weight excluding hydrogens is 1090 g/mol. The van der Waals surface area contributed by atoms with Crippen molar-refractivity contribution in [1.82, 2.24) is 39.9 Å². The second kappa shape index (κ2) is 20.6. The zero-order valence-corrected chi connectivity index (χ0v) is 46.4. The minimum atomic E-state index is 0.406. The quantitative estimate of drug-likeness (QED) is 0.113. The lowest BCUT2D eigenvalue weighted by Gasteiger charge is -2.08. The van der Waals surface area contributed by atoms with Crippen molar-refractivity contribution in [2.24, 2.45) is 0 Å². The highest BCUT2D eigenvalue weighted by Gasteiger charge is 2.25. The van der Waals surface area contributed by atoms with Crippen molar-refractivity contribution in [3.05, 3.63) is 288 Å². The Morgan fingerprint density at radius 3 is 0.830 bits per heavy atom. The number of ether oxygens (including phenoxy) is 4. The Bertz CT molecular complexity index is 5120. The van der Waals surface area contributed by atoms with Gasteiger partial charge in [0.05, 0.1) is 0 Å². The lowest BCUT2D eigenvalue weighted by molar-refractivity contribution is 0.482. The van der Waals surface area contributed by atoms with Crippen molar-refractivity contribution in [2.45, 2.75) is 0 Å². The number of nitrogens with one attached hydrogen (secondary N) is 2. The van der Waals surface area contributed by atoms with Crippen molar-refractivity contribution in [2.75, 3.05) is 0 Å². The lowest BCUT2D eigenvalue weighted by atomic mass is 10.1. The Kier molecular flexibility index (Phi) is 11.7. The molecule has 0 fully saturated rings. The van der Waals surface area contributed by atoms with Crippen molar-refractivity contribution in [1.29, 1.82) is 0 Å². The van der Waals surface area contributed by atoms with Crippen molar-refractivity contribution in [3.63, 3.8) is 0 Å². The molecule has 6 aliphatic rings. The van der Waals surface area contributed by atoms with Crippen LogP contribution in [0.25, 0.3) is 112 Å². The van der Waals surface area contributed by atoms with E-state index in [4.69, 9.17) is 48.9 Å². The number of hydrogen-bond donors (Lipinski definition) is 2. The average molecular weight is 1130 g/mol. The highest BCUT2D eigenvalue weighted by atomic mass is 16.5. The van der Waals surface area contributed by atoms with Gasteiger partial charge in [0.1, 0.15) is 68.6 Å². The van der Waals surface area contributed by atoms with E-state index < -0.39 is 0 Å². The number of aromatic nitrogens is 8. The fourth-order valence-corrected chi connectivity index (χ4v) is 11.4. The first-order chi connectivity index (χ1) is 43.5. The van der Waals surface area contributed by atoms with Gasteiger partial charge in [-0.25, -0.2) is 29.9 Å². The molecule has 17 rings (SSSR count). The zero-order chi connectivity index (χ0) is 58.1. The number of rotatable bonds is 12. The van der Waals surface area contributed by atoms with Gasteiger partial charge in [-0.2, -0.15) is 0 Å². The van der Waals surface area contributed by atoms with E-state index in [1.807, 2.05) is 243 Å². The molecule has 0 spiro atoms. The molecule has 8 aromatic carbocycles. The molecular formula is C76H42N8O4. The van der Waals surface area contributed by atoms with Gasteiger partial charge in [0.25, 0.3) is 0 Å². The summed E-state index contributed by atoms with van der Waals surface area (Å²) in [5.74, 6) is 6.71. The number of fused-ring (bicyclic) bond motifs is 20. The van der Waals surface area contributed by atoms with Crippen LogP contribution in [0.5, 0.6) is 46.0 Å².